The van der Waals surface area contributed by atoms with Gasteiger partial charge in [-0.3, -0.25) is 0 Å². The molecule has 0 unspecified atom stereocenters. The molecule has 1 aromatic heterocycles. The van der Waals surface area contributed by atoms with Gasteiger partial charge in [0.05, 0.1) is 19.8 Å². The molecule has 0 aliphatic carbocycles. The quantitative estimate of drug-likeness (QED) is 0.874. The van der Waals surface area contributed by atoms with Gasteiger partial charge >= 0.3 is 0 Å². The lowest BCUT2D eigenvalue weighted by atomic mass is 10.2. The fourth-order valence-corrected chi connectivity index (χ4v) is 2.43. The van der Waals surface area contributed by atoms with Crippen LogP contribution in [0.4, 0.5) is 0 Å². The number of methoxy groups -OCH3 is 2. The maximum absolute atomic E-state index is 5.30. The van der Waals surface area contributed by atoms with E-state index in [0.29, 0.717) is 0 Å². The van der Waals surface area contributed by atoms with Crippen LogP contribution in [0.5, 0.6) is 11.5 Å². The van der Waals surface area contributed by atoms with Gasteiger partial charge in [-0.25, -0.2) is 0 Å². The topological polar surface area (TPSA) is 44.2 Å². The van der Waals surface area contributed by atoms with Gasteiger partial charge in [-0.15, -0.1) is 10.2 Å². The Kier molecular flexibility index (Phi) is 3.40. The number of aromatic nitrogens is 2. The Balaban J connectivity index is 2.48. The van der Waals surface area contributed by atoms with Gasteiger partial charge in [-0.1, -0.05) is 11.3 Å². The van der Waals surface area contributed by atoms with Gasteiger partial charge < -0.3 is 9.47 Å². The van der Waals surface area contributed by atoms with E-state index in [1.807, 2.05) is 18.2 Å². The summed E-state index contributed by atoms with van der Waals surface area (Å²) in [5.74, 6) is 1.48. The molecule has 0 aliphatic rings. The van der Waals surface area contributed by atoms with Crippen molar-refractivity contribution in [3.63, 3.8) is 0 Å². The van der Waals surface area contributed by atoms with Crippen LogP contribution in [-0.2, 0) is 0 Å². The van der Waals surface area contributed by atoms with Crippen molar-refractivity contribution in [1.29, 1.82) is 0 Å². The average molecular weight is 301 g/mol. The molecule has 0 spiro atoms. The monoisotopic (exact) mass is 300 g/mol. The van der Waals surface area contributed by atoms with Crippen molar-refractivity contribution >= 4 is 27.3 Å². The van der Waals surface area contributed by atoms with Gasteiger partial charge in [0.2, 0.25) is 0 Å². The molecule has 1 aromatic carbocycles. The minimum absolute atomic E-state index is 0.725. The number of benzene rings is 1. The molecule has 0 radical (unpaired) electrons. The first-order valence-corrected chi connectivity index (χ1v) is 6.07. The van der Waals surface area contributed by atoms with Crippen molar-refractivity contribution in [2.45, 2.75) is 0 Å². The molecule has 0 aliphatic heterocycles. The lowest BCUT2D eigenvalue weighted by molar-refractivity contribution is 0.395. The van der Waals surface area contributed by atoms with Gasteiger partial charge in [0.25, 0.3) is 0 Å². The molecule has 0 saturated heterocycles. The summed E-state index contributed by atoms with van der Waals surface area (Å²) in [5, 5.41) is 8.77. The summed E-state index contributed by atoms with van der Waals surface area (Å²) in [4.78, 5) is 0. The summed E-state index contributed by atoms with van der Waals surface area (Å²) in [6, 6.07) is 5.60. The Hall–Kier alpha value is -1.14. The predicted octanol–water partition coefficient (Wildman–Crippen LogP) is 2.98. The van der Waals surface area contributed by atoms with E-state index in [4.69, 9.17) is 9.47 Å². The number of rotatable bonds is 3. The highest BCUT2D eigenvalue weighted by atomic mass is 79.9. The van der Waals surface area contributed by atoms with Gasteiger partial charge in [-0.05, 0) is 28.1 Å². The van der Waals surface area contributed by atoms with Crippen molar-refractivity contribution in [3.05, 3.63) is 22.1 Å². The first kappa shape index (κ1) is 11.3. The van der Waals surface area contributed by atoms with Gasteiger partial charge in [0.1, 0.15) is 11.5 Å². The molecular weight excluding hydrogens is 292 g/mol. The van der Waals surface area contributed by atoms with Gasteiger partial charge in [-0.2, -0.15) is 0 Å². The highest BCUT2D eigenvalue weighted by Gasteiger charge is 2.11. The maximum atomic E-state index is 5.30. The Morgan fingerprint density at radius 3 is 2.56 bits per heavy atom. The molecule has 84 valence electrons. The number of hydrogen-bond acceptors (Lipinski definition) is 5. The summed E-state index contributed by atoms with van der Waals surface area (Å²) >= 11 is 4.74. The molecule has 16 heavy (non-hydrogen) atoms. The fourth-order valence-electron chi connectivity index (χ4n) is 1.29. The van der Waals surface area contributed by atoms with E-state index in [1.54, 1.807) is 14.2 Å². The van der Waals surface area contributed by atoms with Crippen LogP contribution in [0.15, 0.2) is 22.1 Å². The average Bonchev–Trinajstić information content (AvgIpc) is 2.74. The number of nitrogens with zero attached hydrogens (tertiary/aromatic N) is 2. The Bertz CT molecular complexity index is 501. The molecule has 0 atom stereocenters. The molecule has 0 N–H and O–H groups in total. The van der Waals surface area contributed by atoms with E-state index in [1.165, 1.54) is 11.3 Å². The lowest BCUT2D eigenvalue weighted by Crippen LogP contribution is -1.90. The molecule has 4 nitrogen and oxygen atoms in total. The van der Waals surface area contributed by atoms with Crippen LogP contribution < -0.4 is 9.47 Å². The highest BCUT2D eigenvalue weighted by Crippen LogP contribution is 2.35. The van der Waals surface area contributed by atoms with E-state index < -0.39 is 0 Å². The first-order chi connectivity index (χ1) is 7.74. The zero-order valence-electron chi connectivity index (χ0n) is 8.73. The van der Waals surface area contributed by atoms with Crippen molar-refractivity contribution in [1.82, 2.24) is 10.2 Å². The van der Waals surface area contributed by atoms with Crippen LogP contribution in [0.2, 0.25) is 0 Å². The second-order valence-electron chi connectivity index (χ2n) is 2.93. The second kappa shape index (κ2) is 4.80. The standard InChI is InChI=1S/C10H9BrN2O2S/c1-14-6-3-4-7(8(5-6)15-2)9-12-13-10(11)16-9/h3-5H,1-2H3. The Morgan fingerprint density at radius 2 is 2.00 bits per heavy atom. The van der Waals surface area contributed by atoms with Crippen molar-refractivity contribution < 1.29 is 9.47 Å². The summed E-state index contributed by atoms with van der Waals surface area (Å²) in [7, 11) is 3.24. The fraction of sp³-hybridized carbons (Fsp3) is 0.200. The van der Waals surface area contributed by atoms with Gasteiger partial charge in [0.15, 0.2) is 8.92 Å². The maximum Gasteiger partial charge on any atom is 0.183 e. The molecule has 0 bridgehead atoms. The van der Waals surface area contributed by atoms with Gasteiger partial charge in [0, 0.05) is 6.07 Å². The number of hydrogen-bond donors (Lipinski definition) is 0. The Labute approximate surface area is 105 Å². The molecule has 6 heteroatoms. The van der Waals surface area contributed by atoms with Crippen LogP contribution in [0, 0.1) is 0 Å². The van der Waals surface area contributed by atoms with Crippen molar-refractivity contribution in [3.8, 4) is 22.1 Å². The van der Waals surface area contributed by atoms with Crippen molar-refractivity contribution in [2.24, 2.45) is 0 Å². The van der Waals surface area contributed by atoms with Crippen molar-refractivity contribution in [2.75, 3.05) is 14.2 Å². The molecule has 2 aromatic rings. The summed E-state index contributed by atoms with van der Waals surface area (Å²) in [5.41, 5.74) is 0.909. The Morgan fingerprint density at radius 1 is 1.19 bits per heavy atom. The SMILES string of the molecule is COc1ccc(-c2nnc(Br)s2)c(OC)c1. The van der Waals surface area contributed by atoms with E-state index in [-0.39, 0.29) is 0 Å². The van der Waals surface area contributed by atoms with E-state index in [0.717, 1.165) is 26.0 Å². The molecule has 0 fully saturated rings. The normalized spacial score (nSPS) is 10.2. The molecule has 2 rings (SSSR count). The molecular formula is C10H9BrN2O2S. The van der Waals surface area contributed by atoms with Crippen LogP contribution in [0.3, 0.4) is 0 Å². The summed E-state index contributed by atoms with van der Waals surface area (Å²) in [6.07, 6.45) is 0. The van der Waals surface area contributed by atoms with Crippen LogP contribution in [-0.4, -0.2) is 24.4 Å². The molecule has 0 amide bonds. The number of halogens is 1. The minimum Gasteiger partial charge on any atom is -0.497 e. The predicted molar refractivity (Wildman–Crippen MR) is 66.1 cm³/mol. The highest BCUT2D eigenvalue weighted by molar-refractivity contribution is 9.11. The zero-order chi connectivity index (χ0) is 11.5. The van der Waals surface area contributed by atoms with Crippen LogP contribution in [0.1, 0.15) is 0 Å². The molecule has 1 heterocycles. The van der Waals surface area contributed by atoms with Crippen LogP contribution in [0.25, 0.3) is 10.6 Å². The number of ether oxygens (including phenoxy) is 2. The van der Waals surface area contributed by atoms with E-state index in [9.17, 15) is 0 Å². The first-order valence-electron chi connectivity index (χ1n) is 4.46. The lowest BCUT2D eigenvalue weighted by Gasteiger charge is -2.07. The third-order valence-corrected chi connectivity index (χ3v) is 3.43. The molecule has 0 saturated carbocycles. The zero-order valence-corrected chi connectivity index (χ0v) is 11.1. The smallest absolute Gasteiger partial charge is 0.183 e. The second-order valence-corrected chi connectivity index (χ2v) is 5.18. The summed E-state index contributed by atoms with van der Waals surface area (Å²) < 4.78 is 11.2. The third kappa shape index (κ3) is 2.17. The van der Waals surface area contributed by atoms with E-state index in [2.05, 4.69) is 26.1 Å². The minimum atomic E-state index is 0.725. The van der Waals surface area contributed by atoms with Crippen LogP contribution >= 0.6 is 27.3 Å². The third-order valence-electron chi connectivity index (χ3n) is 2.04. The summed E-state index contributed by atoms with van der Waals surface area (Å²) in [6.45, 7) is 0. The largest absolute Gasteiger partial charge is 0.497 e. The van der Waals surface area contributed by atoms with E-state index >= 15 is 0 Å².